The van der Waals surface area contributed by atoms with E-state index in [2.05, 4.69) is 16.1 Å². The lowest BCUT2D eigenvalue weighted by atomic mass is 9.76. The van der Waals surface area contributed by atoms with E-state index in [0.717, 1.165) is 28.9 Å². The Kier molecular flexibility index (Phi) is 4.52. The maximum absolute atomic E-state index is 13.2. The third-order valence-electron chi connectivity index (χ3n) is 6.16. The van der Waals surface area contributed by atoms with Crippen LogP contribution in [-0.2, 0) is 26.3 Å². The molecule has 1 aliphatic carbocycles. The van der Waals surface area contributed by atoms with E-state index in [1.54, 1.807) is 13.8 Å². The molecule has 0 bridgehead atoms. The van der Waals surface area contributed by atoms with Crippen LogP contribution < -0.4 is 16.1 Å². The molecule has 2 aliphatic heterocycles. The molecule has 10 nitrogen and oxygen atoms in total. The number of amides is 7. The van der Waals surface area contributed by atoms with Gasteiger partial charge in [-0.15, -0.1) is 0 Å². The first-order chi connectivity index (χ1) is 14.2. The standard InChI is InChI=1S/C20H23N5O5/c1-3-19(2)15(27)25(18(30)21-19)23-14(26)11-24-16(28)20(22-17(24)29)10-6-8-12-7-4-5-9-13(12)20/h4-5,7,9H,3,6,8,10-11H2,1-2H3,(H,21,30)(H,22,29)(H,23,26)/t19-,20-/m0/s1. The summed E-state index contributed by atoms with van der Waals surface area (Å²) in [5, 5.41) is 5.87. The molecular weight excluding hydrogens is 390 g/mol. The highest BCUT2D eigenvalue weighted by Gasteiger charge is 2.54. The fourth-order valence-corrected chi connectivity index (χ4v) is 4.28. The van der Waals surface area contributed by atoms with Crippen molar-refractivity contribution in [3.8, 4) is 0 Å². The van der Waals surface area contributed by atoms with E-state index < -0.39 is 47.4 Å². The average Bonchev–Trinajstić information content (AvgIpc) is 3.08. The zero-order chi connectivity index (χ0) is 21.7. The van der Waals surface area contributed by atoms with Crippen molar-refractivity contribution >= 4 is 29.8 Å². The number of aryl methyl sites for hydroxylation is 1. The second-order valence-corrected chi connectivity index (χ2v) is 8.03. The van der Waals surface area contributed by atoms with E-state index in [4.69, 9.17) is 0 Å². The fraction of sp³-hybridized carbons (Fsp3) is 0.450. The third kappa shape index (κ3) is 2.82. The van der Waals surface area contributed by atoms with E-state index >= 15 is 0 Å². The van der Waals surface area contributed by atoms with E-state index in [-0.39, 0.29) is 0 Å². The van der Waals surface area contributed by atoms with Gasteiger partial charge in [-0.3, -0.25) is 24.7 Å². The summed E-state index contributed by atoms with van der Waals surface area (Å²) in [5.41, 5.74) is 1.64. The van der Waals surface area contributed by atoms with E-state index in [9.17, 15) is 24.0 Å². The number of imide groups is 2. The number of rotatable bonds is 4. The largest absolute Gasteiger partial charge is 0.344 e. The van der Waals surface area contributed by atoms with Crippen molar-refractivity contribution in [2.75, 3.05) is 6.54 Å². The van der Waals surface area contributed by atoms with Gasteiger partial charge in [-0.25, -0.2) is 9.59 Å². The highest BCUT2D eigenvalue weighted by Crippen LogP contribution is 2.39. The Hall–Kier alpha value is -3.43. The Morgan fingerprint density at radius 1 is 1.10 bits per heavy atom. The molecule has 158 valence electrons. The van der Waals surface area contributed by atoms with E-state index in [1.807, 2.05) is 24.3 Å². The van der Waals surface area contributed by atoms with Crippen LogP contribution in [0.2, 0.25) is 0 Å². The normalized spacial score (nSPS) is 27.9. The molecule has 0 radical (unpaired) electrons. The number of benzene rings is 1. The van der Waals surface area contributed by atoms with Crippen LogP contribution in [-0.4, -0.2) is 51.8 Å². The molecule has 1 spiro atoms. The molecule has 1 aromatic rings. The molecule has 0 saturated carbocycles. The SMILES string of the molecule is CC[C@]1(C)NC(=O)N(NC(=O)CN2C(=O)N[C@]3(CCCc4ccccc43)C2=O)C1=O. The number of fused-ring (bicyclic) bond motifs is 2. The van der Waals surface area contributed by atoms with Gasteiger partial charge in [0.25, 0.3) is 17.7 Å². The lowest BCUT2D eigenvalue weighted by molar-refractivity contribution is -0.140. The van der Waals surface area contributed by atoms with Crippen molar-refractivity contribution in [3.05, 3.63) is 35.4 Å². The van der Waals surface area contributed by atoms with Crippen LogP contribution >= 0.6 is 0 Å². The van der Waals surface area contributed by atoms with Crippen molar-refractivity contribution in [2.45, 2.75) is 50.6 Å². The molecule has 4 rings (SSSR count). The number of nitrogens with zero attached hydrogens (tertiary/aromatic N) is 2. The number of carbonyl (C=O) groups is 5. The molecular formula is C20H23N5O5. The van der Waals surface area contributed by atoms with Gasteiger partial charge < -0.3 is 10.6 Å². The molecule has 3 aliphatic rings. The lowest BCUT2D eigenvalue weighted by Gasteiger charge is -2.33. The van der Waals surface area contributed by atoms with Gasteiger partial charge in [-0.1, -0.05) is 31.2 Å². The highest BCUT2D eigenvalue weighted by molar-refractivity contribution is 6.11. The predicted octanol–water partition coefficient (Wildman–Crippen LogP) is 0.522. The number of urea groups is 2. The number of hydrazine groups is 1. The summed E-state index contributed by atoms with van der Waals surface area (Å²) in [5.74, 6) is -1.92. The summed E-state index contributed by atoms with van der Waals surface area (Å²) in [4.78, 5) is 63.6. The number of hydrogen-bond donors (Lipinski definition) is 3. The Morgan fingerprint density at radius 2 is 1.83 bits per heavy atom. The van der Waals surface area contributed by atoms with Crippen molar-refractivity contribution in [3.63, 3.8) is 0 Å². The first kappa shape index (κ1) is 19.9. The summed E-state index contributed by atoms with van der Waals surface area (Å²) in [7, 11) is 0. The van der Waals surface area contributed by atoms with Crippen LogP contribution in [0.15, 0.2) is 24.3 Å². The summed E-state index contributed by atoms with van der Waals surface area (Å²) < 4.78 is 0. The van der Waals surface area contributed by atoms with Gasteiger partial charge in [-0.2, -0.15) is 5.01 Å². The summed E-state index contributed by atoms with van der Waals surface area (Å²) in [6.07, 6.45) is 2.32. The summed E-state index contributed by atoms with van der Waals surface area (Å²) in [6.45, 7) is 2.69. The molecule has 0 unspecified atom stereocenters. The van der Waals surface area contributed by atoms with Crippen molar-refractivity contribution < 1.29 is 24.0 Å². The smallest absolute Gasteiger partial charge is 0.322 e. The second kappa shape index (κ2) is 6.82. The van der Waals surface area contributed by atoms with Crippen LogP contribution in [0.4, 0.5) is 9.59 Å². The molecule has 2 saturated heterocycles. The first-order valence-electron chi connectivity index (χ1n) is 9.90. The maximum Gasteiger partial charge on any atom is 0.344 e. The van der Waals surface area contributed by atoms with Gasteiger partial charge in [0.15, 0.2) is 0 Å². The molecule has 2 fully saturated rings. The minimum atomic E-state index is -1.19. The van der Waals surface area contributed by atoms with Crippen molar-refractivity contribution in [1.29, 1.82) is 0 Å². The Bertz CT molecular complexity index is 978. The fourth-order valence-electron chi connectivity index (χ4n) is 4.28. The van der Waals surface area contributed by atoms with Crippen LogP contribution in [0, 0.1) is 0 Å². The Morgan fingerprint density at radius 3 is 2.53 bits per heavy atom. The lowest BCUT2D eigenvalue weighted by Crippen LogP contribution is -2.52. The average molecular weight is 413 g/mol. The third-order valence-corrected chi connectivity index (χ3v) is 6.16. The van der Waals surface area contributed by atoms with Gasteiger partial charge in [-0.05, 0) is 43.7 Å². The van der Waals surface area contributed by atoms with Crippen LogP contribution in [0.1, 0.15) is 44.2 Å². The molecule has 1 aromatic carbocycles. The first-order valence-corrected chi connectivity index (χ1v) is 9.90. The molecule has 2 atom stereocenters. The van der Waals surface area contributed by atoms with Gasteiger partial charge >= 0.3 is 12.1 Å². The topological polar surface area (TPSA) is 128 Å². The summed E-state index contributed by atoms with van der Waals surface area (Å²) >= 11 is 0. The Labute approximate surface area is 172 Å². The highest BCUT2D eigenvalue weighted by atomic mass is 16.2. The predicted molar refractivity (Wildman–Crippen MR) is 104 cm³/mol. The monoisotopic (exact) mass is 413 g/mol. The molecule has 2 heterocycles. The molecule has 3 N–H and O–H groups in total. The van der Waals surface area contributed by atoms with E-state index in [1.165, 1.54) is 0 Å². The maximum atomic E-state index is 13.2. The van der Waals surface area contributed by atoms with Crippen LogP contribution in [0.25, 0.3) is 0 Å². The van der Waals surface area contributed by atoms with Gasteiger partial charge in [0.2, 0.25) is 0 Å². The van der Waals surface area contributed by atoms with Crippen LogP contribution in [0.3, 0.4) is 0 Å². The number of nitrogens with one attached hydrogen (secondary N) is 3. The quantitative estimate of drug-likeness (QED) is 0.620. The number of hydrogen-bond acceptors (Lipinski definition) is 5. The van der Waals surface area contributed by atoms with Crippen molar-refractivity contribution in [1.82, 2.24) is 26.0 Å². The molecule has 30 heavy (non-hydrogen) atoms. The molecule has 0 aromatic heterocycles. The minimum absolute atomic E-state index is 0.346. The number of carbonyl (C=O) groups excluding carboxylic acids is 5. The van der Waals surface area contributed by atoms with Crippen molar-refractivity contribution in [2.24, 2.45) is 0 Å². The van der Waals surface area contributed by atoms with Gasteiger partial charge in [0.1, 0.15) is 17.6 Å². The zero-order valence-corrected chi connectivity index (χ0v) is 16.8. The molecule has 7 amide bonds. The zero-order valence-electron chi connectivity index (χ0n) is 16.8. The summed E-state index contributed by atoms with van der Waals surface area (Å²) in [6, 6.07) is 5.99. The molecule has 10 heteroatoms. The van der Waals surface area contributed by atoms with Gasteiger partial charge in [0.05, 0.1) is 0 Å². The minimum Gasteiger partial charge on any atom is -0.322 e. The Balaban J connectivity index is 1.51. The van der Waals surface area contributed by atoms with Gasteiger partial charge in [0, 0.05) is 0 Å². The second-order valence-electron chi connectivity index (χ2n) is 8.03. The van der Waals surface area contributed by atoms with E-state index in [0.29, 0.717) is 17.9 Å². The van der Waals surface area contributed by atoms with Crippen LogP contribution in [0.5, 0.6) is 0 Å².